The first kappa shape index (κ1) is 8.32. The molecule has 1 aliphatic heterocycles. The Hall–Kier alpha value is -1.28. The fraction of sp³-hybridized carbons (Fsp3) is 0.273. The Bertz CT molecular complexity index is 279. The van der Waals surface area contributed by atoms with E-state index < -0.39 is 0 Å². The first-order valence-corrected chi connectivity index (χ1v) is 4.66. The van der Waals surface area contributed by atoms with Gasteiger partial charge in [-0.25, -0.2) is 5.43 Å². The van der Waals surface area contributed by atoms with Gasteiger partial charge in [0.2, 0.25) is 0 Å². The highest BCUT2D eigenvalue weighted by Crippen LogP contribution is 2.04. The van der Waals surface area contributed by atoms with E-state index in [0.29, 0.717) is 0 Å². The van der Waals surface area contributed by atoms with Gasteiger partial charge in [0.05, 0.1) is 6.54 Å². The van der Waals surface area contributed by atoms with E-state index in [1.54, 1.807) is 0 Å². The molecular formula is C11H14N2. The molecule has 68 valence electrons. The third kappa shape index (κ3) is 2.33. The van der Waals surface area contributed by atoms with Gasteiger partial charge in [-0.3, -0.25) is 0 Å². The van der Waals surface area contributed by atoms with Gasteiger partial charge in [-0.2, -0.15) is 0 Å². The lowest BCUT2D eigenvalue weighted by Gasteiger charge is -2.24. The summed E-state index contributed by atoms with van der Waals surface area (Å²) in [4.78, 5) is 0. The Labute approximate surface area is 78.8 Å². The highest BCUT2D eigenvalue weighted by atomic mass is 15.5. The van der Waals surface area contributed by atoms with Crippen LogP contribution in [0.25, 0.3) is 0 Å². The Kier molecular flexibility index (Phi) is 2.62. The molecule has 0 saturated heterocycles. The lowest BCUT2D eigenvalue weighted by molar-refractivity contribution is 0.252. The van der Waals surface area contributed by atoms with Crippen LogP contribution in [0, 0.1) is 0 Å². The number of hydrazine groups is 1. The molecule has 0 aromatic heterocycles. The second-order valence-electron chi connectivity index (χ2n) is 3.20. The van der Waals surface area contributed by atoms with E-state index in [2.05, 4.69) is 47.0 Å². The quantitative estimate of drug-likeness (QED) is 0.736. The minimum absolute atomic E-state index is 0.942. The predicted molar refractivity (Wildman–Crippen MR) is 53.7 cm³/mol. The van der Waals surface area contributed by atoms with Crippen LogP contribution in [-0.2, 0) is 6.54 Å². The summed E-state index contributed by atoms with van der Waals surface area (Å²) in [5.74, 6) is 0. The summed E-state index contributed by atoms with van der Waals surface area (Å²) in [6.45, 7) is 1.99. The summed E-state index contributed by atoms with van der Waals surface area (Å²) in [5, 5.41) is 2.12. The zero-order valence-corrected chi connectivity index (χ0v) is 7.61. The summed E-state index contributed by atoms with van der Waals surface area (Å²) in [6.07, 6.45) is 5.43. The normalized spacial score (nSPS) is 16.2. The van der Waals surface area contributed by atoms with E-state index in [9.17, 15) is 0 Å². The summed E-state index contributed by atoms with van der Waals surface area (Å²) in [5.41, 5.74) is 4.65. The van der Waals surface area contributed by atoms with Crippen molar-refractivity contribution in [1.82, 2.24) is 10.4 Å². The van der Waals surface area contributed by atoms with Crippen LogP contribution in [0.15, 0.2) is 42.6 Å². The molecule has 2 nitrogen and oxygen atoms in total. The highest BCUT2D eigenvalue weighted by Gasteiger charge is 2.02. The van der Waals surface area contributed by atoms with Crippen molar-refractivity contribution in [3.63, 3.8) is 0 Å². The molecule has 2 rings (SSSR count). The molecule has 0 atom stereocenters. The molecule has 1 N–H and O–H groups in total. The first-order valence-electron chi connectivity index (χ1n) is 4.66. The Morgan fingerprint density at radius 3 is 2.77 bits per heavy atom. The SMILES string of the molecule is C1=CN(Cc2ccccc2)NCC1. The van der Waals surface area contributed by atoms with Crippen molar-refractivity contribution in [2.24, 2.45) is 0 Å². The Balaban J connectivity index is 1.98. The van der Waals surface area contributed by atoms with E-state index in [1.165, 1.54) is 5.56 Å². The maximum atomic E-state index is 3.31. The zero-order chi connectivity index (χ0) is 8.93. The molecular weight excluding hydrogens is 160 g/mol. The van der Waals surface area contributed by atoms with Crippen molar-refractivity contribution in [1.29, 1.82) is 0 Å². The molecule has 13 heavy (non-hydrogen) atoms. The number of hydrogen-bond acceptors (Lipinski definition) is 2. The first-order chi connectivity index (χ1) is 6.45. The van der Waals surface area contributed by atoms with Crippen LogP contribution in [-0.4, -0.2) is 11.6 Å². The van der Waals surface area contributed by atoms with Crippen LogP contribution in [0.3, 0.4) is 0 Å². The van der Waals surface area contributed by atoms with Crippen LogP contribution in [0.4, 0.5) is 0 Å². The average Bonchev–Trinajstić information content (AvgIpc) is 2.21. The van der Waals surface area contributed by atoms with Gasteiger partial charge in [0.25, 0.3) is 0 Å². The minimum atomic E-state index is 0.942. The molecule has 0 spiro atoms. The standard InChI is InChI=1S/C11H14N2/c1-2-6-11(7-3-1)10-13-9-5-4-8-12-13/h1-3,5-7,9,12H,4,8,10H2. The molecule has 1 aromatic carbocycles. The number of nitrogens with one attached hydrogen (secondary N) is 1. The lowest BCUT2D eigenvalue weighted by Crippen LogP contribution is -2.35. The van der Waals surface area contributed by atoms with Crippen molar-refractivity contribution >= 4 is 0 Å². The van der Waals surface area contributed by atoms with E-state index in [0.717, 1.165) is 19.5 Å². The van der Waals surface area contributed by atoms with Gasteiger partial charge in [-0.1, -0.05) is 36.4 Å². The van der Waals surface area contributed by atoms with Crippen molar-refractivity contribution < 1.29 is 0 Å². The van der Waals surface area contributed by atoms with Crippen molar-refractivity contribution in [3.8, 4) is 0 Å². The Morgan fingerprint density at radius 2 is 2.08 bits per heavy atom. The molecule has 0 fully saturated rings. The average molecular weight is 174 g/mol. The third-order valence-corrected chi connectivity index (χ3v) is 2.11. The fourth-order valence-electron chi connectivity index (χ4n) is 1.43. The summed E-state index contributed by atoms with van der Waals surface area (Å²) < 4.78 is 0. The number of rotatable bonds is 2. The molecule has 0 unspecified atom stereocenters. The topological polar surface area (TPSA) is 15.3 Å². The van der Waals surface area contributed by atoms with Gasteiger partial charge >= 0.3 is 0 Å². The van der Waals surface area contributed by atoms with Gasteiger partial charge < -0.3 is 5.01 Å². The van der Waals surface area contributed by atoms with E-state index in [1.807, 2.05) is 6.07 Å². The summed E-state index contributed by atoms with van der Waals surface area (Å²) >= 11 is 0. The number of benzene rings is 1. The molecule has 0 bridgehead atoms. The van der Waals surface area contributed by atoms with Crippen LogP contribution >= 0.6 is 0 Å². The van der Waals surface area contributed by atoms with Gasteiger partial charge in [0.1, 0.15) is 0 Å². The van der Waals surface area contributed by atoms with Gasteiger partial charge in [-0.05, 0) is 12.0 Å². The summed E-state index contributed by atoms with van der Waals surface area (Å²) in [6, 6.07) is 10.5. The molecule has 0 saturated carbocycles. The number of hydrogen-bond donors (Lipinski definition) is 1. The van der Waals surface area contributed by atoms with Crippen LogP contribution in [0.5, 0.6) is 0 Å². The van der Waals surface area contributed by atoms with Crippen LogP contribution in [0.2, 0.25) is 0 Å². The largest absolute Gasteiger partial charge is 0.312 e. The smallest absolute Gasteiger partial charge is 0.0587 e. The molecule has 0 radical (unpaired) electrons. The monoisotopic (exact) mass is 174 g/mol. The van der Waals surface area contributed by atoms with E-state index in [-0.39, 0.29) is 0 Å². The molecule has 0 aliphatic carbocycles. The predicted octanol–water partition coefficient (Wildman–Crippen LogP) is 1.91. The Morgan fingerprint density at radius 1 is 1.23 bits per heavy atom. The number of nitrogens with zero attached hydrogens (tertiary/aromatic N) is 1. The molecule has 1 aliphatic rings. The second kappa shape index (κ2) is 4.10. The van der Waals surface area contributed by atoms with Gasteiger partial charge in [-0.15, -0.1) is 0 Å². The van der Waals surface area contributed by atoms with Gasteiger partial charge in [0.15, 0.2) is 0 Å². The maximum Gasteiger partial charge on any atom is 0.0587 e. The van der Waals surface area contributed by atoms with Crippen molar-refractivity contribution in [2.45, 2.75) is 13.0 Å². The fourth-order valence-corrected chi connectivity index (χ4v) is 1.43. The second-order valence-corrected chi connectivity index (χ2v) is 3.20. The van der Waals surface area contributed by atoms with Crippen molar-refractivity contribution in [2.75, 3.05) is 6.54 Å². The molecule has 0 amide bonds. The maximum absolute atomic E-state index is 3.31. The van der Waals surface area contributed by atoms with Crippen LogP contribution in [0.1, 0.15) is 12.0 Å². The molecule has 1 heterocycles. The van der Waals surface area contributed by atoms with Crippen LogP contribution < -0.4 is 5.43 Å². The van der Waals surface area contributed by atoms with E-state index in [4.69, 9.17) is 0 Å². The lowest BCUT2D eigenvalue weighted by atomic mass is 10.2. The van der Waals surface area contributed by atoms with E-state index >= 15 is 0 Å². The minimum Gasteiger partial charge on any atom is -0.312 e. The summed E-state index contributed by atoms with van der Waals surface area (Å²) in [7, 11) is 0. The molecule has 1 aromatic rings. The molecule has 2 heteroatoms. The van der Waals surface area contributed by atoms with Gasteiger partial charge in [0, 0.05) is 12.7 Å². The zero-order valence-electron chi connectivity index (χ0n) is 7.61. The highest BCUT2D eigenvalue weighted by molar-refractivity contribution is 5.14. The van der Waals surface area contributed by atoms with Crippen molar-refractivity contribution in [3.05, 3.63) is 48.2 Å². The third-order valence-electron chi connectivity index (χ3n) is 2.11.